The van der Waals surface area contributed by atoms with Crippen LogP contribution >= 0.6 is 0 Å². The molecule has 0 N–H and O–H groups in total. The number of hydrogen-bond acceptors (Lipinski definition) is 4. The van der Waals surface area contributed by atoms with Crippen molar-refractivity contribution in [1.29, 1.82) is 0 Å². The van der Waals surface area contributed by atoms with Gasteiger partial charge in [-0.2, -0.15) is 0 Å². The fraction of sp³-hybridized carbons (Fsp3) is 0. The van der Waals surface area contributed by atoms with Gasteiger partial charge in [0.15, 0.2) is 0 Å². The van der Waals surface area contributed by atoms with E-state index in [9.17, 15) is 0 Å². The van der Waals surface area contributed by atoms with Gasteiger partial charge in [0.1, 0.15) is 11.2 Å². The van der Waals surface area contributed by atoms with E-state index >= 15 is 0 Å². The summed E-state index contributed by atoms with van der Waals surface area (Å²) in [4.78, 5) is 14.7. The van der Waals surface area contributed by atoms with Crippen molar-refractivity contribution in [3.05, 3.63) is 176 Å². The van der Waals surface area contributed by atoms with E-state index in [1.807, 2.05) is 60.8 Å². The van der Waals surface area contributed by atoms with Gasteiger partial charge < -0.3 is 4.42 Å². The number of nitrogens with zero attached hydrogens (tertiary/aromatic N) is 3. The van der Waals surface area contributed by atoms with Crippen LogP contribution < -0.4 is 0 Å². The first-order valence-electron chi connectivity index (χ1n) is 19.9. The van der Waals surface area contributed by atoms with Crippen LogP contribution in [0.1, 0.15) is 6.85 Å². The van der Waals surface area contributed by atoms with E-state index in [-0.39, 0.29) is 29.7 Å². The van der Waals surface area contributed by atoms with Crippen molar-refractivity contribution in [1.82, 2.24) is 15.0 Å². The number of hydrogen-bond donors (Lipinski definition) is 0. The largest absolute Gasteiger partial charge is 0.455 e. The summed E-state index contributed by atoms with van der Waals surface area (Å²) in [6, 6.07) is 42.9. The standard InChI is InChI=1S/C49H29N3O/c1-2-9-30(10-3-1)43-28-45(52-44-15-7-6-14-40(43)44)37-25-35(24-36(26-37)38-23-34-17-16-32-12-8-22-50-47(32)48(34)51-29-38)33-19-20-41-42-21-18-31-11-4-5-13-39(31)49(42)53-46(41)27-33/h1-29H/i1D,2D,3D,9D,10D. The molecule has 4 nitrogen and oxygen atoms in total. The number of rotatable bonds is 4. The third-order valence-electron chi connectivity index (χ3n) is 10.2. The molecule has 0 aliphatic carbocycles. The average Bonchev–Trinajstić information content (AvgIpc) is 3.66. The molecule has 0 aliphatic heterocycles. The SMILES string of the molecule is [2H]c1c([2H])c([2H])c(-c2cc(-c3cc(-c4cnc5c(ccc6cccnc65)c4)cc(-c4ccc5c(c4)oc4c6ccccc6ccc54)c3)nc3ccccc23)c([2H])c1[2H]. The maximum atomic E-state index is 8.87. The molecule has 7 aromatic carbocycles. The Morgan fingerprint density at radius 2 is 1.21 bits per heavy atom. The highest BCUT2D eigenvalue weighted by Crippen LogP contribution is 2.40. The molecule has 4 heteroatoms. The molecule has 0 aliphatic rings. The molecule has 0 spiro atoms. The summed E-state index contributed by atoms with van der Waals surface area (Å²) in [6.07, 6.45) is 3.66. The van der Waals surface area contributed by atoms with Crippen LogP contribution in [0.4, 0.5) is 0 Å². The molecular weight excluding hydrogens is 647 g/mol. The summed E-state index contributed by atoms with van der Waals surface area (Å²) in [6.45, 7) is 0. The Bertz CT molecular complexity index is 3520. The van der Waals surface area contributed by atoms with Crippen LogP contribution in [0, 0.1) is 0 Å². The van der Waals surface area contributed by atoms with Crippen LogP contribution in [0.25, 0.3) is 110 Å². The number of benzene rings is 7. The molecule has 246 valence electrons. The number of pyridine rings is 3. The zero-order chi connectivity index (χ0) is 39.2. The highest BCUT2D eigenvalue weighted by molar-refractivity contribution is 6.15. The van der Waals surface area contributed by atoms with Crippen molar-refractivity contribution in [2.45, 2.75) is 0 Å². The molecule has 0 saturated carbocycles. The molecule has 0 atom stereocenters. The molecule has 0 amide bonds. The van der Waals surface area contributed by atoms with Crippen LogP contribution in [-0.2, 0) is 0 Å². The Balaban J connectivity index is 1.15. The quantitative estimate of drug-likeness (QED) is 0.174. The lowest BCUT2D eigenvalue weighted by molar-refractivity contribution is 0.673. The zero-order valence-corrected chi connectivity index (χ0v) is 28.1. The number of aromatic nitrogens is 3. The van der Waals surface area contributed by atoms with Crippen molar-refractivity contribution >= 4 is 65.4 Å². The first-order valence-corrected chi connectivity index (χ1v) is 17.4. The molecule has 0 unspecified atom stereocenters. The van der Waals surface area contributed by atoms with E-state index in [0.717, 1.165) is 82.3 Å². The first kappa shape index (κ1) is 24.9. The molecule has 0 radical (unpaired) electrons. The Morgan fingerprint density at radius 3 is 2.13 bits per heavy atom. The van der Waals surface area contributed by atoms with Gasteiger partial charge in [0.2, 0.25) is 0 Å². The van der Waals surface area contributed by atoms with Crippen LogP contribution in [0.15, 0.2) is 180 Å². The number of furan rings is 1. The summed E-state index contributed by atoms with van der Waals surface area (Å²) in [5.41, 5.74) is 9.58. The summed E-state index contributed by atoms with van der Waals surface area (Å²) >= 11 is 0. The monoisotopic (exact) mass is 680 g/mol. The molecule has 4 aromatic heterocycles. The Kier molecular flexibility index (Phi) is 5.49. The van der Waals surface area contributed by atoms with Gasteiger partial charge in [0.05, 0.1) is 29.1 Å². The lowest BCUT2D eigenvalue weighted by Crippen LogP contribution is -1.92. The fourth-order valence-corrected chi connectivity index (χ4v) is 7.60. The highest BCUT2D eigenvalue weighted by Gasteiger charge is 2.16. The molecule has 11 aromatic rings. The van der Waals surface area contributed by atoms with E-state index in [1.54, 1.807) is 6.20 Å². The molecule has 53 heavy (non-hydrogen) atoms. The van der Waals surface area contributed by atoms with Crippen molar-refractivity contribution in [2.75, 3.05) is 0 Å². The van der Waals surface area contributed by atoms with Gasteiger partial charge >= 0.3 is 0 Å². The molecule has 0 fully saturated rings. The highest BCUT2D eigenvalue weighted by atomic mass is 16.3. The predicted octanol–water partition coefficient (Wildman–Crippen LogP) is 13.1. The van der Waals surface area contributed by atoms with Gasteiger partial charge in [-0.25, -0.2) is 4.98 Å². The molecule has 0 bridgehead atoms. The van der Waals surface area contributed by atoms with E-state index < -0.39 is 6.04 Å². The number of para-hydroxylation sites is 1. The third-order valence-corrected chi connectivity index (χ3v) is 10.2. The summed E-state index contributed by atoms with van der Waals surface area (Å²) < 4.78 is 49.5. The lowest BCUT2D eigenvalue weighted by atomic mass is 9.93. The minimum atomic E-state index is -0.433. The molecule has 4 heterocycles. The second-order valence-electron chi connectivity index (χ2n) is 13.3. The van der Waals surface area contributed by atoms with Crippen molar-refractivity contribution in [3.8, 4) is 44.6 Å². The van der Waals surface area contributed by atoms with Crippen LogP contribution in [0.5, 0.6) is 0 Å². The van der Waals surface area contributed by atoms with E-state index in [2.05, 4.69) is 83.8 Å². The molecular formula is C49H29N3O. The van der Waals surface area contributed by atoms with Crippen molar-refractivity contribution in [2.24, 2.45) is 0 Å². The van der Waals surface area contributed by atoms with Crippen LogP contribution in [0.3, 0.4) is 0 Å². The van der Waals surface area contributed by atoms with Gasteiger partial charge in [-0.3, -0.25) is 9.97 Å². The maximum absolute atomic E-state index is 8.87. The Labute approximate surface area is 311 Å². The van der Waals surface area contributed by atoms with Gasteiger partial charge in [-0.1, -0.05) is 103 Å². The normalized spacial score (nSPS) is 13.1. The molecule has 0 saturated heterocycles. The summed E-state index contributed by atoms with van der Waals surface area (Å²) in [5.74, 6) is 0. The smallest absolute Gasteiger partial charge is 0.143 e. The Morgan fingerprint density at radius 1 is 0.472 bits per heavy atom. The predicted molar refractivity (Wildman–Crippen MR) is 219 cm³/mol. The molecule has 11 rings (SSSR count). The van der Waals surface area contributed by atoms with Crippen molar-refractivity contribution in [3.63, 3.8) is 0 Å². The van der Waals surface area contributed by atoms with Crippen LogP contribution in [-0.4, -0.2) is 15.0 Å². The fourth-order valence-electron chi connectivity index (χ4n) is 7.60. The first-order chi connectivity index (χ1) is 28.3. The topological polar surface area (TPSA) is 51.8 Å². The average molecular weight is 681 g/mol. The minimum absolute atomic E-state index is 0.129. The second-order valence-corrected chi connectivity index (χ2v) is 13.3. The van der Waals surface area contributed by atoms with Gasteiger partial charge in [0.25, 0.3) is 0 Å². The maximum Gasteiger partial charge on any atom is 0.143 e. The summed E-state index contributed by atoms with van der Waals surface area (Å²) in [7, 11) is 0. The second kappa shape index (κ2) is 11.7. The van der Waals surface area contributed by atoms with E-state index in [1.165, 1.54) is 0 Å². The van der Waals surface area contributed by atoms with E-state index in [4.69, 9.17) is 21.2 Å². The van der Waals surface area contributed by atoms with Gasteiger partial charge in [-0.05, 0) is 93.9 Å². The third kappa shape index (κ3) is 4.88. The van der Waals surface area contributed by atoms with Crippen LogP contribution in [0.2, 0.25) is 0 Å². The van der Waals surface area contributed by atoms with Crippen molar-refractivity contribution < 1.29 is 11.3 Å². The van der Waals surface area contributed by atoms with Gasteiger partial charge in [-0.15, -0.1) is 0 Å². The zero-order valence-electron chi connectivity index (χ0n) is 33.1. The minimum Gasteiger partial charge on any atom is -0.455 e. The summed E-state index contributed by atoms with van der Waals surface area (Å²) in [5, 5.41) is 6.92. The lowest BCUT2D eigenvalue weighted by Gasteiger charge is -2.14. The Hall–Kier alpha value is -7.17. The van der Waals surface area contributed by atoms with Gasteiger partial charge in [0, 0.05) is 55.8 Å². The number of fused-ring (bicyclic) bond motifs is 9. The van der Waals surface area contributed by atoms with E-state index in [0.29, 0.717) is 22.2 Å².